The summed E-state index contributed by atoms with van der Waals surface area (Å²) in [6, 6.07) is 5.82. The summed E-state index contributed by atoms with van der Waals surface area (Å²) in [7, 11) is 0. The van der Waals surface area contributed by atoms with Crippen LogP contribution in [-0.2, 0) is 9.53 Å². The van der Waals surface area contributed by atoms with Gasteiger partial charge in [-0.05, 0) is 30.3 Å². The summed E-state index contributed by atoms with van der Waals surface area (Å²) in [5, 5.41) is 2.13. The summed E-state index contributed by atoms with van der Waals surface area (Å²) in [5.41, 5.74) is -0.297. The molecule has 0 saturated heterocycles. The van der Waals surface area contributed by atoms with E-state index in [-0.39, 0.29) is 10.7 Å². The molecule has 120 valence electrons. The molecule has 0 aromatic heterocycles. The average Bonchev–Trinajstić information content (AvgIpc) is 2.48. The molecule has 0 bridgehead atoms. The summed E-state index contributed by atoms with van der Waals surface area (Å²) in [4.78, 5) is 23.2. The molecule has 0 unspecified atom stereocenters. The highest BCUT2D eigenvalue weighted by atomic mass is 35.5. The van der Waals surface area contributed by atoms with Crippen molar-refractivity contribution in [1.82, 2.24) is 0 Å². The van der Waals surface area contributed by atoms with Crippen LogP contribution in [0.2, 0.25) is 5.02 Å². The highest BCUT2D eigenvalue weighted by Crippen LogP contribution is 2.19. The molecule has 23 heavy (non-hydrogen) atoms. The first-order valence-corrected chi connectivity index (χ1v) is 6.61. The highest BCUT2D eigenvalue weighted by molar-refractivity contribution is 6.31. The normalized spacial score (nSPS) is 10.3. The lowest BCUT2D eigenvalue weighted by Gasteiger charge is -2.07. The van der Waals surface area contributed by atoms with Crippen molar-refractivity contribution in [3.05, 3.63) is 64.4 Å². The number of anilines is 1. The maximum absolute atomic E-state index is 13.4. The third-order valence-electron chi connectivity index (χ3n) is 2.69. The summed E-state index contributed by atoms with van der Waals surface area (Å²) >= 11 is 5.55. The van der Waals surface area contributed by atoms with Crippen LogP contribution in [0, 0.1) is 17.5 Å². The van der Waals surface area contributed by atoms with Crippen molar-refractivity contribution in [3.8, 4) is 0 Å². The number of carbonyl (C=O) groups is 2. The Morgan fingerprint density at radius 1 is 1.04 bits per heavy atom. The monoisotopic (exact) mass is 343 g/mol. The van der Waals surface area contributed by atoms with Gasteiger partial charge in [-0.2, -0.15) is 0 Å². The predicted octanol–water partition coefficient (Wildman–Crippen LogP) is 3.55. The summed E-state index contributed by atoms with van der Waals surface area (Å²) in [5.74, 6) is -4.44. The van der Waals surface area contributed by atoms with E-state index >= 15 is 0 Å². The second kappa shape index (κ2) is 7.15. The number of esters is 1. The Morgan fingerprint density at radius 3 is 2.43 bits per heavy atom. The molecule has 0 aliphatic rings. The Morgan fingerprint density at radius 2 is 1.78 bits per heavy atom. The molecule has 2 aromatic carbocycles. The van der Waals surface area contributed by atoms with E-state index in [1.807, 2.05) is 0 Å². The predicted molar refractivity (Wildman–Crippen MR) is 76.7 cm³/mol. The Kier molecular flexibility index (Phi) is 5.23. The third kappa shape index (κ3) is 4.46. The zero-order valence-corrected chi connectivity index (χ0v) is 12.2. The van der Waals surface area contributed by atoms with Gasteiger partial charge >= 0.3 is 5.97 Å². The molecular weight excluding hydrogens is 335 g/mol. The Hall–Kier alpha value is -2.54. The van der Waals surface area contributed by atoms with Crippen molar-refractivity contribution in [1.29, 1.82) is 0 Å². The minimum absolute atomic E-state index is 0.187. The summed E-state index contributed by atoms with van der Waals surface area (Å²) in [6.45, 7) is -0.704. The number of halogens is 4. The lowest BCUT2D eigenvalue weighted by atomic mass is 10.2. The number of hydrogen-bond acceptors (Lipinski definition) is 3. The molecule has 0 radical (unpaired) electrons. The maximum Gasteiger partial charge on any atom is 0.341 e. The van der Waals surface area contributed by atoms with Crippen LogP contribution < -0.4 is 5.32 Å². The number of ether oxygens (including phenoxy) is 1. The Labute approximate surface area is 133 Å². The molecule has 1 N–H and O–H groups in total. The van der Waals surface area contributed by atoms with Gasteiger partial charge in [-0.25, -0.2) is 18.0 Å². The first-order valence-electron chi connectivity index (χ1n) is 6.24. The molecule has 0 fully saturated rings. The van der Waals surface area contributed by atoms with Crippen LogP contribution in [0.4, 0.5) is 18.9 Å². The minimum Gasteiger partial charge on any atom is -0.452 e. The molecular formula is C15H9ClF3NO3. The lowest BCUT2D eigenvalue weighted by molar-refractivity contribution is -0.119. The van der Waals surface area contributed by atoms with Gasteiger partial charge < -0.3 is 10.1 Å². The van der Waals surface area contributed by atoms with Gasteiger partial charge in [0.15, 0.2) is 6.61 Å². The van der Waals surface area contributed by atoms with Gasteiger partial charge in [0.1, 0.15) is 17.5 Å². The first kappa shape index (κ1) is 16.8. The van der Waals surface area contributed by atoms with Crippen LogP contribution in [0.5, 0.6) is 0 Å². The van der Waals surface area contributed by atoms with E-state index in [2.05, 4.69) is 10.1 Å². The zero-order chi connectivity index (χ0) is 17.0. The van der Waals surface area contributed by atoms with E-state index < -0.39 is 41.5 Å². The third-order valence-corrected chi connectivity index (χ3v) is 2.98. The number of hydrogen-bond donors (Lipinski definition) is 1. The van der Waals surface area contributed by atoms with Gasteiger partial charge in [0.2, 0.25) is 0 Å². The largest absolute Gasteiger partial charge is 0.452 e. The average molecular weight is 344 g/mol. The number of rotatable bonds is 4. The number of nitrogens with one attached hydrogen (secondary N) is 1. The fraction of sp³-hybridized carbons (Fsp3) is 0.0667. The standard InChI is InChI=1S/C15H9ClF3NO3/c16-11-6-9(2-4-12(11)18)20-14(21)7-23-15(22)10-3-1-8(17)5-13(10)19/h1-6H,7H2,(H,20,21). The van der Waals surface area contributed by atoms with Gasteiger partial charge in [-0.3, -0.25) is 4.79 Å². The van der Waals surface area contributed by atoms with Crippen molar-refractivity contribution in [3.63, 3.8) is 0 Å². The van der Waals surface area contributed by atoms with E-state index in [1.165, 1.54) is 12.1 Å². The van der Waals surface area contributed by atoms with Crippen LogP contribution in [-0.4, -0.2) is 18.5 Å². The first-order chi connectivity index (χ1) is 10.9. The van der Waals surface area contributed by atoms with E-state index in [9.17, 15) is 22.8 Å². The van der Waals surface area contributed by atoms with Crippen molar-refractivity contribution >= 4 is 29.2 Å². The van der Waals surface area contributed by atoms with E-state index in [4.69, 9.17) is 11.6 Å². The topological polar surface area (TPSA) is 55.4 Å². The fourth-order valence-corrected chi connectivity index (χ4v) is 1.82. The Bertz CT molecular complexity index is 768. The smallest absolute Gasteiger partial charge is 0.341 e. The van der Waals surface area contributed by atoms with E-state index in [1.54, 1.807) is 0 Å². The quantitative estimate of drug-likeness (QED) is 0.864. The molecule has 2 aromatic rings. The minimum atomic E-state index is -1.12. The van der Waals surface area contributed by atoms with Crippen molar-refractivity contribution in [2.24, 2.45) is 0 Å². The van der Waals surface area contributed by atoms with Crippen LogP contribution in [0.25, 0.3) is 0 Å². The maximum atomic E-state index is 13.4. The number of amides is 1. The summed E-state index contributed by atoms with van der Waals surface area (Å²) < 4.78 is 43.7. The molecule has 0 aliphatic heterocycles. The fourth-order valence-electron chi connectivity index (χ4n) is 1.63. The van der Waals surface area contributed by atoms with E-state index in [0.29, 0.717) is 6.07 Å². The van der Waals surface area contributed by atoms with Crippen LogP contribution >= 0.6 is 11.6 Å². The molecule has 8 heteroatoms. The zero-order valence-electron chi connectivity index (χ0n) is 11.4. The molecule has 0 atom stereocenters. The van der Waals surface area contributed by atoms with Crippen molar-refractivity contribution in [2.45, 2.75) is 0 Å². The molecule has 0 heterocycles. The molecule has 0 saturated carbocycles. The lowest BCUT2D eigenvalue weighted by Crippen LogP contribution is -2.21. The van der Waals surface area contributed by atoms with Gasteiger partial charge in [-0.15, -0.1) is 0 Å². The van der Waals surface area contributed by atoms with Gasteiger partial charge in [0.05, 0.1) is 10.6 Å². The van der Waals surface area contributed by atoms with Crippen LogP contribution in [0.15, 0.2) is 36.4 Å². The van der Waals surface area contributed by atoms with Crippen molar-refractivity contribution in [2.75, 3.05) is 11.9 Å². The molecule has 2 rings (SSSR count). The second-order valence-electron chi connectivity index (χ2n) is 4.38. The number of benzene rings is 2. The van der Waals surface area contributed by atoms with E-state index in [0.717, 1.165) is 18.2 Å². The molecule has 4 nitrogen and oxygen atoms in total. The van der Waals surface area contributed by atoms with Gasteiger partial charge in [-0.1, -0.05) is 11.6 Å². The molecule has 1 amide bonds. The molecule has 0 spiro atoms. The van der Waals surface area contributed by atoms with Crippen LogP contribution in [0.1, 0.15) is 10.4 Å². The summed E-state index contributed by atoms with van der Waals surface area (Å²) in [6.07, 6.45) is 0. The highest BCUT2D eigenvalue weighted by Gasteiger charge is 2.15. The van der Waals surface area contributed by atoms with Crippen molar-refractivity contribution < 1.29 is 27.5 Å². The Balaban J connectivity index is 1.93. The molecule has 0 aliphatic carbocycles. The SMILES string of the molecule is O=C(COC(=O)c1ccc(F)cc1F)Nc1ccc(F)c(Cl)c1. The number of carbonyl (C=O) groups excluding carboxylic acids is 2. The van der Waals surface area contributed by atoms with Gasteiger partial charge in [0, 0.05) is 11.8 Å². The second-order valence-corrected chi connectivity index (χ2v) is 4.78. The van der Waals surface area contributed by atoms with Gasteiger partial charge in [0.25, 0.3) is 5.91 Å². The van der Waals surface area contributed by atoms with Crippen LogP contribution in [0.3, 0.4) is 0 Å².